The molecule has 0 spiro atoms. The fourth-order valence-corrected chi connectivity index (χ4v) is 4.41. The van der Waals surface area contributed by atoms with Gasteiger partial charge in [-0.15, -0.1) is 0 Å². The van der Waals surface area contributed by atoms with E-state index in [4.69, 9.17) is 4.74 Å². The standard InChI is InChI=1S/C27H36N4O2/c1-4-30(21(2)3)20-22-5-7-23(8-6-22)27(32)28-25-9-10-26-24(19-25)11-12-31(26)14-13-29-15-17-33-18-16-29/h5-12,19,21H,4,13-18,20H2,1-3H3,(H,28,32). The van der Waals surface area contributed by atoms with Crippen LogP contribution in [0.4, 0.5) is 5.69 Å². The number of carbonyl (C=O) groups is 1. The first-order valence-electron chi connectivity index (χ1n) is 12.1. The van der Waals surface area contributed by atoms with Gasteiger partial charge in [-0.25, -0.2) is 0 Å². The highest BCUT2D eigenvalue weighted by atomic mass is 16.5. The maximum absolute atomic E-state index is 12.8. The van der Waals surface area contributed by atoms with Crippen LogP contribution in [0.3, 0.4) is 0 Å². The number of morpholine rings is 1. The average Bonchev–Trinajstić information content (AvgIpc) is 3.24. The molecule has 6 heteroatoms. The van der Waals surface area contributed by atoms with Crippen LogP contribution in [0.15, 0.2) is 54.7 Å². The van der Waals surface area contributed by atoms with Crippen molar-refractivity contribution in [1.82, 2.24) is 14.4 Å². The smallest absolute Gasteiger partial charge is 0.255 e. The molecule has 2 heterocycles. The van der Waals surface area contributed by atoms with E-state index in [0.29, 0.717) is 11.6 Å². The summed E-state index contributed by atoms with van der Waals surface area (Å²) in [6, 6.07) is 16.7. The van der Waals surface area contributed by atoms with Crippen molar-refractivity contribution in [3.63, 3.8) is 0 Å². The summed E-state index contributed by atoms with van der Waals surface area (Å²) >= 11 is 0. The Bertz CT molecular complexity index is 1050. The summed E-state index contributed by atoms with van der Waals surface area (Å²) in [5, 5.41) is 4.19. The first kappa shape index (κ1) is 23.5. The highest BCUT2D eigenvalue weighted by Crippen LogP contribution is 2.21. The van der Waals surface area contributed by atoms with Crippen molar-refractivity contribution in [3.05, 3.63) is 65.9 Å². The molecule has 0 radical (unpaired) electrons. The van der Waals surface area contributed by atoms with Gasteiger partial charge in [0.15, 0.2) is 0 Å². The molecule has 1 saturated heterocycles. The quantitative estimate of drug-likeness (QED) is 0.525. The number of anilines is 1. The van der Waals surface area contributed by atoms with Crippen molar-refractivity contribution >= 4 is 22.5 Å². The summed E-state index contributed by atoms with van der Waals surface area (Å²) in [5.74, 6) is -0.0798. The lowest BCUT2D eigenvalue weighted by Crippen LogP contribution is -2.38. The minimum absolute atomic E-state index is 0.0798. The molecule has 0 saturated carbocycles. The Morgan fingerprint density at radius 1 is 1.06 bits per heavy atom. The van der Waals surface area contributed by atoms with Gasteiger partial charge in [-0.05, 0) is 62.4 Å². The van der Waals surface area contributed by atoms with Crippen LogP contribution in [-0.4, -0.2) is 65.7 Å². The number of fused-ring (bicyclic) bond motifs is 1. The van der Waals surface area contributed by atoms with Crippen LogP contribution in [0, 0.1) is 0 Å². The third kappa shape index (κ3) is 6.02. The Morgan fingerprint density at radius 2 is 1.82 bits per heavy atom. The van der Waals surface area contributed by atoms with Crippen molar-refractivity contribution in [2.45, 2.75) is 39.9 Å². The highest BCUT2D eigenvalue weighted by molar-refractivity contribution is 6.05. The van der Waals surface area contributed by atoms with E-state index in [1.807, 2.05) is 18.2 Å². The molecule has 3 aromatic rings. The van der Waals surface area contributed by atoms with Gasteiger partial charge < -0.3 is 14.6 Å². The molecule has 0 bridgehead atoms. The van der Waals surface area contributed by atoms with Gasteiger partial charge in [0.25, 0.3) is 5.91 Å². The van der Waals surface area contributed by atoms with Crippen molar-refractivity contribution in [3.8, 4) is 0 Å². The van der Waals surface area contributed by atoms with Gasteiger partial charge >= 0.3 is 0 Å². The second-order valence-corrected chi connectivity index (χ2v) is 9.04. The molecule has 33 heavy (non-hydrogen) atoms. The molecule has 0 aliphatic carbocycles. The lowest BCUT2D eigenvalue weighted by molar-refractivity contribution is 0.0365. The number of hydrogen-bond acceptors (Lipinski definition) is 4. The number of nitrogens with one attached hydrogen (secondary N) is 1. The topological polar surface area (TPSA) is 49.7 Å². The summed E-state index contributed by atoms with van der Waals surface area (Å²) in [6.45, 7) is 14.1. The second kappa shape index (κ2) is 11.0. The first-order chi connectivity index (χ1) is 16.0. The predicted octanol–water partition coefficient (Wildman–Crippen LogP) is 4.46. The number of rotatable bonds is 9. The minimum atomic E-state index is -0.0798. The van der Waals surface area contributed by atoms with Crippen LogP contribution in [0.2, 0.25) is 0 Å². The van der Waals surface area contributed by atoms with Gasteiger partial charge in [0.05, 0.1) is 13.2 Å². The molecule has 2 aromatic carbocycles. The minimum Gasteiger partial charge on any atom is -0.379 e. The summed E-state index contributed by atoms with van der Waals surface area (Å²) in [5.41, 5.74) is 3.91. The van der Waals surface area contributed by atoms with Crippen LogP contribution < -0.4 is 5.32 Å². The molecule has 1 N–H and O–H groups in total. The Labute approximate surface area is 197 Å². The van der Waals surface area contributed by atoms with E-state index < -0.39 is 0 Å². The number of amides is 1. The SMILES string of the molecule is CCN(Cc1ccc(C(=O)Nc2ccc3c(ccn3CCN3CCOCC3)c2)cc1)C(C)C. The van der Waals surface area contributed by atoms with Crippen LogP contribution in [0.5, 0.6) is 0 Å². The molecule has 176 valence electrons. The maximum atomic E-state index is 12.8. The molecule has 1 fully saturated rings. The zero-order valence-corrected chi connectivity index (χ0v) is 20.1. The molecule has 0 unspecified atom stereocenters. The molecule has 0 atom stereocenters. The average molecular weight is 449 g/mol. The van der Waals surface area contributed by atoms with E-state index >= 15 is 0 Å². The molecule has 1 amide bonds. The van der Waals surface area contributed by atoms with Crippen LogP contribution in [0.25, 0.3) is 10.9 Å². The Balaban J connectivity index is 1.36. The number of nitrogens with zero attached hydrogens (tertiary/aromatic N) is 3. The molecular weight excluding hydrogens is 412 g/mol. The molecule has 1 aliphatic rings. The lowest BCUT2D eigenvalue weighted by Gasteiger charge is -2.26. The monoisotopic (exact) mass is 448 g/mol. The summed E-state index contributed by atoms with van der Waals surface area (Å²) in [6.07, 6.45) is 2.13. The Morgan fingerprint density at radius 3 is 2.52 bits per heavy atom. The third-order valence-electron chi connectivity index (χ3n) is 6.53. The van der Waals surface area contributed by atoms with Crippen LogP contribution in [0.1, 0.15) is 36.7 Å². The third-order valence-corrected chi connectivity index (χ3v) is 6.53. The van der Waals surface area contributed by atoms with E-state index in [0.717, 1.165) is 63.6 Å². The van der Waals surface area contributed by atoms with Crippen LogP contribution in [-0.2, 0) is 17.8 Å². The van der Waals surface area contributed by atoms with E-state index in [-0.39, 0.29) is 5.91 Å². The molecule has 1 aliphatic heterocycles. The maximum Gasteiger partial charge on any atom is 0.255 e. The lowest BCUT2D eigenvalue weighted by atomic mass is 10.1. The molecule has 4 rings (SSSR count). The van der Waals surface area contributed by atoms with E-state index in [2.05, 4.69) is 77.0 Å². The number of aromatic nitrogens is 1. The number of carbonyl (C=O) groups excluding carboxylic acids is 1. The van der Waals surface area contributed by atoms with Gasteiger partial charge in [-0.2, -0.15) is 0 Å². The first-order valence-corrected chi connectivity index (χ1v) is 12.1. The highest BCUT2D eigenvalue weighted by Gasteiger charge is 2.12. The van der Waals surface area contributed by atoms with E-state index in [1.165, 1.54) is 11.1 Å². The summed E-state index contributed by atoms with van der Waals surface area (Å²) in [7, 11) is 0. The number of hydrogen-bond donors (Lipinski definition) is 1. The van der Waals surface area contributed by atoms with Gasteiger partial charge in [0, 0.05) is 67.1 Å². The molecular formula is C27H36N4O2. The Kier molecular flexibility index (Phi) is 7.81. The summed E-state index contributed by atoms with van der Waals surface area (Å²) < 4.78 is 7.72. The Hall–Kier alpha value is -2.67. The van der Waals surface area contributed by atoms with Crippen molar-refractivity contribution in [1.29, 1.82) is 0 Å². The van der Waals surface area contributed by atoms with E-state index in [1.54, 1.807) is 0 Å². The normalized spacial score (nSPS) is 14.9. The fraction of sp³-hybridized carbons (Fsp3) is 0.444. The van der Waals surface area contributed by atoms with Gasteiger partial charge in [-0.3, -0.25) is 14.6 Å². The fourth-order valence-electron chi connectivity index (χ4n) is 4.41. The predicted molar refractivity (Wildman–Crippen MR) is 135 cm³/mol. The van der Waals surface area contributed by atoms with Gasteiger partial charge in [-0.1, -0.05) is 19.1 Å². The number of ether oxygens (including phenoxy) is 1. The van der Waals surface area contributed by atoms with Gasteiger partial charge in [0.1, 0.15) is 0 Å². The molecule has 1 aromatic heterocycles. The van der Waals surface area contributed by atoms with E-state index in [9.17, 15) is 4.79 Å². The van der Waals surface area contributed by atoms with Gasteiger partial charge in [0.2, 0.25) is 0 Å². The van der Waals surface area contributed by atoms with Crippen molar-refractivity contribution in [2.24, 2.45) is 0 Å². The summed E-state index contributed by atoms with van der Waals surface area (Å²) in [4.78, 5) is 17.6. The molecule has 6 nitrogen and oxygen atoms in total. The second-order valence-electron chi connectivity index (χ2n) is 9.04. The van der Waals surface area contributed by atoms with Crippen molar-refractivity contribution < 1.29 is 9.53 Å². The zero-order chi connectivity index (χ0) is 23.2. The zero-order valence-electron chi connectivity index (χ0n) is 20.1. The number of benzene rings is 2. The van der Waals surface area contributed by atoms with Crippen LogP contribution >= 0.6 is 0 Å². The largest absolute Gasteiger partial charge is 0.379 e. The van der Waals surface area contributed by atoms with Crippen molar-refractivity contribution in [2.75, 3.05) is 44.7 Å².